The van der Waals surface area contributed by atoms with Crippen molar-refractivity contribution in [1.82, 2.24) is 0 Å². The number of hydrogen-bond acceptors (Lipinski definition) is 0. The number of rotatable bonds is 9. The molecule has 0 heteroatoms. The minimum absolute atomic E-state index is 0.972. The van der Waals surface area contributed by atoms with Crippen molar-refractivity contribution in [3.05, 3.63) is 0 Å². The van der Waals surface area contributed by atoms with E-state index in [0.717, 1.165) is 35.5 Å². The van der Waals surface area contributed by atoms with Crippen LogP contribution in [0.4, 0.5) is 0 Å². The molecule has 2 aliphatic rings. The molecule has 2 fully saturated rings. The molecule has 0 N–H and O–H groups in total. The van der Waals surface area contributed by atoms with E-state index in [0.29, 0.717) is 0 Å². The van der Waals surface area contributed by atoms with E-state index in [2.05, 4.69) is 27.7 Å². The molecule has 24 heavy (non-hydrogen) atoms. The van der Waals surface area contributed by atoms with Gasteiger partial charge in [-0.25, -0.2) is 0 Å². The Balaban J connectivity index is 1.92. The Hall–Kier alpha value is 0. The van der Waals surface area contributed by atoms with Crippen molar-refractivity contribution in [2.45, 2.75) is 118 Å². The molecule has 0 saturated heterocycles. The van der Waals surface area contributed by atoms with Gasteiger partial charge in [0.15, 0.2) is 0 Å². The molecule has 0 aromatic rings. The molecule has 2 aliphatic carbocycles. The van der Waals surface area contributed by atoms with Crippen molar-refractivity contribution < 1.29 is 0 Å². The van der Waals surface area contributed by atoms with Crippen LogP contribution < -0.4 is 0 Å². The standard InChI is InChI=1S/C24H46/c1-5-7-13-19(3)23-16-11-9-15-22(23)18-20(4)24-17-10-8-14-21(24)12-6-2/h19-24H,5-18H2,1-4H3. The summed E-state index contributed by atoms with van der Waals surface area (Å²) in [6.07, 6.45) is 20.9. The highest BCUT2D eigenvalue weighted by Crippen LogP contribution is 2.45. The summed E-state index contributed by atoms with van der Waals surface area (Å²) in [5, 5.41) is 0. The molecule has 0 bridgehead atoms. The first kappa shape index (κ1) is 20.3. The summed E-state index contributed by atoms with van der Waals surface area (Å²) < 4.78 is 0. The minimum atomic E-state index is 0.972. The highest BCUT2D eigenvalue weighted by Gasteiger charge is 2.34. The zero-order valence-electron chi connectivity index (χ0n) is 17.4. The van der Waals surface area contributed by atoms with Crippen molar-refractivity contribution in [1.29, 1.82) is 0 Å². The molecule has 0 amide bonds. The minimum Gasteiger partial charge on any atom is -0.0654 e. The number of hydrogen-bond donors (Lipinski definition) is 0. The predicted molar refractivity (Wildman–Crippen MR) is 108 cm³/mol. The van der Waals surface area contributed by atoms with Gasteiger partial charge in [-0.1, -0.05) is 98.3 Å². The third-order valence-electron chi connectivity index (χ3n) is 7.74. The Morgan fingerprint density at radius 2 is 1.29 bits per heavy atom. The van der Waals surface area contributed by atoms with Gasteiger partial charge in [0, 0.05) is 0 Å². The molecule has 0 aromatic heterocycles. The van der Waals surface area contributed by atoms with Crippen molar-refractivity contribution >= 4 is 0 Å². The lowest BCUT2D eigenvalue weighted by Crippen LogP contribution is -2.31. The summed E-state index contributed by atoms with van der Waals surface area (Å²) >= 11 is 0. The van der Waals surface area contributed by atoms with Gasteiger partial charge in [0.25, 0.3) is 0 Å². The van der Waals surface area contributed by atoms with Gasteiger partial charge in [-0.15, -0.1) is 0 Å². The smallest absolute Gasteiger partial charge is 0.0360 e. The van der Waals surface area contributed by atoms with E-state index in [-0.39, 0.29) is 0 Å². The zero-order chi connectivity index (χ0) is 17.4. The second kappa shape index (κ2) is 10.9. The molecule has 0 aromatic carbocycles. The Morgan fingerprint density at radius 1 is 0.708 bits per heavy atom. The summed E-state index contributed by atoms with van der Waals surface area (Å²) in [4.78, 5) is 0. The summed E-state index contributed by atoms with van der Waals surface area (Å²) in [7, 11) is 0. The fourth-order valence-corrected chi connectivity index (χ4v) is 6.39. The zero-order valence-corrected chi connectivity index (χ0v) is 17.4. The molecule has 142 valence electrons. The molecule has 2 saturated carbocycles. The van der Waals surface area contributed by atoms with E-state index in [9.17, 15) is 0 Å². The van der Waals surface area contributed by atoms with Crippen LogP contribution in [0, 0.1) is 35.5 Å². The van der Waals surface area contributed by atoms with E-state index in [1.807, 2.05) is 0 Å². The van der Waals surface area contributed by atoms with E-state index in [1.54, 1.807) is 6.42 Å². The first-order valence-corrected chi connectivity index (χ1v) is 11.7. The summed E-state index contributed by atoms with van der Waals surface area (Å²) in [5.74, 6) is 6.14. The van der Waals surface area contributed by atoms with Gasteiger partial charge in [0.2, 0.25) is 0 Å². The molecular weight excluding hydrogens is 288 g/mol. The lowest BCUT2D eigenvalue weighted by atomic mass is 9.64. The predicted octanol–water partition coefficient (Wildman–Crippen LogP) is 8.25. The molecule has 0 nitrogen and oxygen atoms in total. The normalized spacial score (nSPS) is 34.0. The second-order valence-corrected chi connectivity index (χ2v) is 9.54. The van der Waals surface area contributed by atoms with Crippen molar-refractivity contribution in [3.8, 4) is 0 Å². The molecule has 2 rings (SSSR count). The number of unbranched alkanes of at least 4 members (excludes halogenated alkanes) is 1. The van der Waals surface area contributed by atoms with Crippen LogP contribution in [-0.2, 0) is 0 Å². The van der Waals surface area contributed by atoms with Gasteiger partial charge in [-0.2, -0.15) is 0 Å². The summed E-state index contributed by atoms with van der Waals surface area (Å²) in [5.41, 5.74) is 0. The Morgan fingerprint density at radius 3 is 1.92 bits per heavy atom. The van der Waals surface area contributed by atoms with Crippen LogP contribution in [0.25, 0.3) is 0 Å². The van der Waals surface area contributed by atoms with E-state index < -0.39 is 0 Å². The van der Waals surface area contributed by atoms with Crippen LogP contribution in [0.5, 0.6) is 0 Å². The Labute approximate surface area is 153 Å². The second-order valence-electron chi connectivity index (χ2n) is 9.54. The van der Waals surface area contributed by atoms with Crippen molar-refractivity contribution in [2.75, 3.05) is 0 Å². The molecule has 0 radical (unpaired) electrons. The van der Waals surface area contributed by atoms with Crippen LogP contribution in [0.2, 0.25) is 0 Å². The van der Waals surface area contributed by atoms with E-state index in [4.69, 9.17) is 0 Å². The summed E-state index contributed by atoms with van der Waals surface area (Å²) in [6.45, 7) is 9.94. The average molecular weight is 335 g/mol. The average Bonchev–Trinajstić information content (AvgIpc) is 2.61. The molecular formula is C24H46. The topological polar surface area (TPSA) is 0 Å². The third kappa shape index (κ3) is 5.77. The van der Waals surface area contributed by atoms with Crippen LogP contribution in [0.15, 0.2) is 0 Å². The van der Waals surface area contributed by atoms with Crippen molar-refractivity contribution in [2.24, 2.45) is 35.5 Å². The van der Waals surface area contributed by atoms with Crippen LogP contribution >= 0.6 is 0 Å². The molecule has 6 atom stereocenters. The van der Waals surface area contributed by atoms with Gasteiger partial charge in [0.05, 0.1) is 0 Å². The Kier molecular flexibility index (Phi) is 9.20. The van der Waals surface area contributed by atoms with Gasteiger partial charge in [-0.05, 0) is 54.8 Å². The van der Waals surface area contributed by atoms with Gasteiger partial charge in [0.1, 0.15) is 0 Å². The van der Waals surface area contributed by atoms with E-state index in [1.165, 1.54) is 83.5 Å². The highest BCUT2D eigenvalue weighted by atomic mass is 14.4. The van der Waals surface area contributed by atoms with Crippen molar-refractivity contribution in [3.63, 3.8) is 0 Å². The van der Waals surface area contributed by atoms with Crippen LogP contribution in [0.1, 0.15) is 118 Å². The highest BCUT2D eigenvalue weighted by molar-refractivity contribution is 4.85. The maximum absolute atomic E-state index is 2.63. The fraction of sp³-hybridized carbons (Fsp3) is 1.00. The summed E-state index contributed by atoms with van der Waals surface area (Å²) in [6, 6.07) is 0. The van der Waals surface area contributed by atoms with Crippen LogP contribution in [-0.4, -0.2) is 0 Å². The maximum Gasteiger partial charge on any atom is -0.0360 e. The molecule has 0 spiro atoms. The molecule has 6 unspecified atom stereocenters. The monoisotopic (exact) mass is 334 g/mol. The fourth-order valence-electron chi connectivity index (χ4n) is 6.39. The largest absolute Gasteiger partial charge is 0.0654 e. The lowest BCUT2D eigenvalue weighted by molar-refractivity contribution is 0.0925. The van der Waals surface area contributed by atoms with Crippen LogP contribution in [0.3, 0.4) is 0 Å². The SMILES string of the molecule is CCCCC(C)C1CCCCC1CC(C)C1CCCCC1CCC. The van der Waals surface area contributed by atoms with Gasteiger partial charge in [-0.3, -0.25) is 0 Å². The maximum atomic E-state index is 2.63. The third-order valence-corrected chi connectivity index (χ3v) is 7.74. The molecule has 0 heterocycles. The lowest BCUT2D eigenvalue weighted by Gasteiger charge is -2.41. The Bertz CT molecular complexity index is 318. The quantitative estimate of drug-likeness (QED) is 0.398. The van der Waals surface area contributed by atoms with Gasteiger partial charge < -0.3 is 0 Å². The van der Waals surface area contributed by atoms with Gasteiger partial charge >= 0.3 is 0 Å². The first-order chi connectivity index (χ1) is 11.7. The van der Waals surface area contributed by atoms with E-state index >= 15 is 0 Å². The first-order valence-electron chi connectivity index (χ1n) is 11.7. The molecule has 0 aliphatic heterocycles.